The molecule has 0 aromatic rings. The molecule has 0 saturated heterocycles. The molecule has 0 atom stereocenters. The molecule has 78 valence electrons. The summed E-state index contributed by atoms with van der Waals surface area (Å²) in [7, 11) is 0. The van der Waals surface area contributed by atoms with Crippen LogP contribution in [-0.2, 0) is 4.79 Å². The molecule has 2 nitrogen and oxygen atoms in total. The Kier molecular flexibility index (Phi) is 9.26. The zero-order chi connectivity index (χ0) is 9.61. The average Bonchev–Trinajstić information content (AvgIpc) is 1.98. The van der Waals surface area contributed by atoms with E-state index in [0.717, 1.165) is 19.3 Å². The van der Waals surface area contributed by atoms with Crippen molar-refractivity contribution in [3.8, 4) is 0 Å². The van der Waals surface area contributed by atoms with Crippen LogP contribution in [0.4, 0.5) is 0 Å². The van der Waals surface area contributed by atoms with Gasteiger partial charge < -0.3 is 5.11 Å². The van der Waals surface area contributed by atoms with Gasteiger partial charge in [-0.2, -0.15) is 0 Å². The molecule has 2 radical (unpaired) electrons. The van der Waals surface area contributed by atoms with E-state index < -0.39 is 11.4 Å². The van der Waals surface area contributed by atoms with Gasteiger partial charge in [0, 0.05) is 0 Å². The molecule has 0 fully saturated rings. The molecule has 0 rings (SSSR count). The summed E-state index contributed by atoms with van der Waals surface area (Å²) < 4.78 is 0. The van der Waals surface area contributed by atoms with Crippen molar-refractivity contribution in [2.75, 3.05) is 0 Å². The van der Waals surface area contributed by atoms with Crippen molar-refractivity contribution in [3.63, 3.8) is 0 Å². The fraction of sp³-hybridized carbons (Fsp3) is 0.900. The molecule has 1 N–H and O–H groups in total. The van der Waals surface area contributed by atoms with Crippen LogP contribution in [0.5, 0.6) is 0 Å². The summed E-state index contributed by atoms with van der Waals surface area (Å²) in [5, 5.41) is 8.80. The first-order valence-corrected chi connectivity index (χ1v) is 4.74. The van der Waals surface area contributed by atoms with Gasteiger partial charge >= 0.3 is 29.9 Å². The van der Waals surface area contributed by atoms with Crippen molar-refractivity contribution in [1.29, 1.82) is 0 Å². The van der Waals surface area contributed by atoms with Crippen LogP contribution >= 0.6 is 0 Å². The second-order valence-corrected chi connectivity index (χ2v) is 4.00. The number of unbranched alkanes of at least 4 members (excludes halogenated alkanes) is 3. The molecule has 0 aliphatic heterocycles. The van der Waals surface area contributed by atoms with Crippen LogP contribution in [0, 0.1) is 5.41 Å². The Labute approximate surface area is 98.1 Å². The molecule has 0 bridgehead atoms. The van der Waals surface area contributed by atoms with Gasteiger partial charge in [-0.15, -0.1) is 0 Å². The van der Waals surface area contributed by atoms with Crippen molar-refractivity contribution in [2.45, 2.75) is 52.9 Å². The predicted molar refractivity (Wildman–Crippen MR) is 58.7 cm³/mol. The molecule has 0 amide bonds. The molecule has 0 aromatic carbocycles. The molecule has 0 heterocycles. The second-order valence-electron chi connectivity index (χ2n) is 4.00. The van der Waals surface area contributed by atoms with Crippen molar-refractivity contribution < 1.29 is 9.90 Å². The van der Waals surface area contributed by atoms with Gasteiger partial charge in [-0.05, 0) is 20.3 Å². The van der Waals surface area contributed by atoms with Gasteiger partial charge in [-0.3, -0.25) is 4.79 Å². The summed E-state index contributed by atoms with van der Waals surface area (Å²) in [5.74, 6) is -0.681. The molecule has 0 aliphatic rings. The molecule has 0 spiro atoms. The summed E-state index contributed by atoms with van der Waals surface area (Å²) in [6.45, 7) is 5.74. The molecule has 0 unspecified atom stereocenters. The Morgan fingerprint density at radius 1 is 1.23 bits per heavy atom. The Morgan fingerprint density at radius 2 is 1.77 bits per heavy atom. The Bertz CT molecular complexity index is 144. The van der Waals surface area contributed by atoms with E-state index in [2.05, 4.69) is 6.92 Å². The van der Waals surface area contributed by atoms with Crippen LogP contribution in [0.15, 0.2) is 0 Å². The molecule has 0 aromatic heterocycles. The minimum atomic E-state index is -0.681. The normalized spacial score (nSPS) is 10.7. The van der Waals surface area contributed by atoms with E-state index in [1.54, 1.807) is 13.8 Å². The first-order valence-electron chi connectivity index (χ1n) is 4.74. The van der Waals surface area contributed by atoms with Crippen molar-refractivity contribution in [3.05, 3.63) is 0 Å². The third kappa shape index (κ3) is 7.35. The summed E-state index contributed by atoms with van der Waals surface area (Å²) in [5.41, 5.74) is -0.534. The van der Waals surface area contributed by atoms with Crippen molar-refractivity contribution >= 4 is 29.9 Å². The van der Waals surface area contributed by atoms with Crippen LogP contribution in [0.3, 0.4) is 0 Å². The van der Waals surface area contributed by atoms with Gasteiger partial charge in [0.1, 0.15) is 0 Å². The zero-order valence-corrected chi connectivity index (χ0v) is 13.1. The van der Waals surface area contributed by atoms with Crippen LogP contribution in [0.25, 0.3) is 0 Å². The minimum absolute atomic E-state index is 0. The van der Waals surface area contributed by atoms with Gasteiger partial charge in [0.15, 0.2) is 0 Å². The van der Waals surface area contributed by atoms with E-state index in [0.29, 0.717) is 0 Å². The van der Waals surface area contributed by atoms with Crippen LogP contribution in [0.2, 0.25) is 0 Å². The number of hydrogen-bond acceptors (Lipinski definition) is 1. The molecule has 0 aliphatic carbocycles. The van der Waals surface area contributed by atoms with Crippen LogP contribution in [-0.4, -0.2) is 35.0 Å². The summed E-state index contributed by atoms with van der Waals surface area (Å²) >= 11 is 0. The fourth-order valence-electron chi connectivity index (χ4n) is 1.10. The summed E-state index contributed by atoms with van der Waals surface area (Å²) in [6.07, 6.45) is 5.41. The van der Waals surface area contributed by atoms with Gasteiger partial charge in [-0.25, -0.2) is 0 Å². The number of carboxylic acid groups (broad SMARTS) is 1. The van der Waals surface area contributed by atoms with Crippen molar-refractivity contribution in [2.24, 2.45) is 5.41 Å². The Balaban J connectivity index is 0. The third-order valence-electron chi connectivity index (χ3n) is 2.23. The number of hydrogen-bond donors (Lipinski definition) is 1. The average molecular weight is 293 g/mol. The number of carboxylic acids is 1. The molecular formula is C10H22O2Sn. The standard InChI is InChI=1S/C10H20O2.Sn.2H/c1-4-5-6-7-8-10(2,3)9(11)12;;;/h4-8H2,1-3H3,(H,11,12);;;. The third-order valence-corrected chi connectivity index (χ3v) is 2.23. The van der Waals surface area contributed by atoms with E-state index in [1.807, 2.05) is 0 Å². The van der Waals surface area contributed by atoms with Crippen molar-refractivity contribution in [1.82, 2.24) is 0 Å². The predicted octanol–water partition coefficient (Wildman–Crippen LogP) is 2.15. The monoisotopic (exact) mass is 294 g/mol. The van der Waals surface area contributed by atoms with Gasteiger partial charge in [-0.1, -0.05) is 32.6 Å². The molecular weight excluding hydrogens is 271 g/mol. The van der Waals surface area contributed by atoms with Gasteiger partial charge in [0.2, 0.25) is 0 Å². The van der Waals surface area contributed by atoms with Gasteiger partial charge in [0.05, 0.1) is 5.41 Å². The maximum absolute atomic E-state index is 10.7. The number of carbonyl (C=O) groups is 1. The quantitative estimate of drug-likeness (QED) is 0.602. The number of aliphatic carboxylic acids is 1. The van der Waals surface area contributed by atoms with E-state index >= 15 is 0 Å². The van der Waals surface area contributed by atoms with E-state index in [1.165, 1.54) is 12.8 Å². The Morgan fingerprint density at radius 3 is 2.15 bits per heavy atom. The molecule has 13 heavy (non-hydrogen) atoms. The van der Waals surface area contributed by atoms with Crippen LogP contribution in [0.1, 0.15) is 52.9 Å². The van der Waals surface area contributed by atoms with E-state index in [4.69, 9.17) is 5.11 Å². The SMILES string of the molecule is CCCCCCC(C)(C)C(=O)O.[SnH2]. The molecule has 3 heteroatoms. The first kappa shape index (κ1) is 15.7. The fourth-order valence-corrected chi connectivity index (χ4v) is 1.10. The van der Waals surface area contributed by atoms with E-state index in [-0.39, 0.29) is 23.9 Å². The maximum atomic E-state index is 10.7. The summed E-state index contributed by atoms with van der Waals surface area (Å²) in [4.78, 5) is 10.7. The first-order chi connectivity index (χ1) is 5.50. The number of rotatable bonds is 6. The Hall–Kier alpha value is 0.269. The van der Waals surface area contributed by atoms with Gasteiger partial charge in [0.25, 0.3) is 0 Å². The molecule has 0 saturated carbocycles. The van der Waals surface area contributed by atoms with Crippen LogP contribution < -0.4 is 0 Å². The van der Waals surface area contributed by atoms with E-state index in [9.17, 15) is 4.79 Å². The summed E-state index contributed by atoms with van der Waals surface area (Å²) in [6, 6.07) is 0. The zero-order valence-electron chi connectivity index (χ0n) is 9.10. The topological polar surface area (TPSA) is 37.3 Å². The second kappa shape index (κ2) is 7.65.